The van der Waals surface area contributed by atoms with Gasteiger partial charge < -0.3 is 9.84 Å². The summed E-state index contributed by atoms with van der Waals surface area (Å²) in [5, 5.41) is 10.4. The fraction of sp³-hybridized carbons (Fsp3) is 0.312. The number of aromatic hydroxyl groups is 1. The number of rotatable bonds is 7. The van der Waals surface area contributed by atoms with Crippen molar-refractivity contribution in [2.24, 2.45) is 0 Å². The van der Waals surface area contributed by atoms with Crippen molar-refractivity contribution >= 4 is 42.6 Å². The van der Waals surface area contributed by atoms with Crippen LogP contribution in [0.25, 0.3) is 10.8 Å². The Morgan fingerprint density at radius 1 is 1.34 bits per heavy atom. The van der Waals surface area contributed by atoms with Gasteiger partial charge in [-0.2, -0.15) is 8.42 Å². The minimum absolute atomic E-state index is 0.0112. The average Bonchev–Trinajstić information content (AvgIpc) is 2.91. The van der Waals surface area contributed by atoms with Crippen LogP contribution in [0.3, 0.4) is 0 Å². The lowest BCUT2D eigenvalue weighted by Gasteiger charge is -2.18. The summed E-state index contributed by atoms with van der Waals surface area (Å²) in [6.07, 6.45) is 0. The van der Waals surface area contributed by atoms with Crippen molar-refractivity contribution in [2.75, 3.05) is 29.8 Å². The zero-order valence-corrected chi connectivity index (χ0v) is 16.8. The Labute approximate surface area is 166 Å². The van der Waals surface area contributed by atoms with Gasteiger partial charge in [-0.15, -0.1) is 0 Å². The van der Waals surface area contributed by atoms with Crippen molar-refractivity contribution < 1.29 is 35.9 Å². The van der Waals surface area contributed by atoms with E-state index in [-0.39, 0.29) is 35.4 Å². The smallest absolute Gasteiger partial charge is 0.326 e. The summed E-state index contributed by atoms with van der Waals surface area (Å²) in [6.45, 7) is 0.825. The van der Waals surface area contributed by atoms with Crippen LogP contribution in [0.4, 0.5) is 10.1 Å². The number of halogens is 1. The van der Waals surface area contributed by atoms with Crippen LogP contribution in [0.1, 0.15) is 6.92 Å². The van der Waals surface area contributed by atoms with Crippen LogP contribution < -0.4 is 18.5 Å². The molecular formula is C16H18FN3O7S2. The molecule has 1 aliphatic heterocycles. The molecule has 1 amide bonds. The fourth-order valence-corrected chi connectivity index (χ4v) is 4.51. The van der Waals surface area contributed by atoms with Gasteiger partial charge in [-0.25, -0.2) is 26.6 Å². The Balaban J connectivity index is 1.89. The monoisotopic (exact) mass is 447 g/mol. The second-order valence-corrected chi connectivity index (χ2v) is 9.81. The zero-order valence-electron chi connectivity index (χ0n) is 15.2. The quantitative estimate of drug-likeness (QED) is 0.514. The molecule has 2 aromatic carbocycles. The van der Waals surface area contributed by atoms with Crippen LogP contribution in [0.2, 0.25) is 0 Å². The highest BCUT2D eigenvalue weighted by Gasteiger charge is 2.37. The number of amides is 1. The van der Waals surface area contributed by atoms with E-state index >= 15 is 4.39 Å². The maximum Gasteiger partial charge on any atom is 0.326 e. The third-order valence-electron chi connectivity index (χ3n) is 4.15. The number of phenols is 1. The van der Waals surface area contributed by atoms with Gasteiger partial charge in [0.2, 0.25) is 10.0 Å². The number of sulfonamides is 1. The first-order valence-corrected chi connectivity index (χ1v) is 11.5. The van der Waals surface area contributed by atoms with E-state index in [1.54, 1.807) is 4.72 Å². The third kappa shape index (κ3) is 4.36. The van der Waals surface area contributed by atoms with Crippen LogP contribution in [0, 0.1) is 5.82 Å². The fourth-order valence-electron chi connectivity index (χ4n) is 2.75. The highest BCUT2D eigenvalue weighted by atomic mass is 32.2. The molecule has 0 bridgehead atoms. The van der Waals surface area contributed by atoms with Crippen molar-refractivity contribution in [2.45, 2.75) is 6.92 Å². The molecule has 0 saturated carbocycles. The first-order valence-electron chi connectivity index (χ1n) is 8.43. The normalized spacial score (nSPS) is 16.2. The predicted molar refractivity (Wildman–Crippen MR) is 103 cm³/mol. The molecule has 0 atom stereocenters. The summed E-state index contributed by atoms with van der Waals surface area (Å²) >= 11 is 0. The molecule has 0 radical (unpaired) electrons. The van der Waals surface area contributed by atoms with Gasteiger partial charge >= 0.3 is 10.2 Å². The molecule has 3 N–H and O–H groups in total. The minimum Gasteiger partial charge on any atom is -0.506 e. The first kappa shape index (κ1) is 21.1. The summed E-state index contributed by atoms with van der Waals surface area (Å²) in [5.74, 6) is -2.40. The summed E-state index contributed by atoms with van der Waals surface area (Å²) in [6, 6.07) is 5.41. The third-order valence-corrected chi connectivity index (χ3v) is 6.93. The van der Waals surface area contributed by atoms with Crippen LogP contribution >= 0.6 is 0 Å². The van der Waals surface area contributed by atoms with E-state index < -0.39 is 49.9 Å². The van der Waals surface area contributed by atoms with Gasteiger partial charge in [0.15, 0.2) is 5.82 Å². The average molecular weight is 447 g/mol. The van der Waals surface area contributed by atoms with Gasteiger partial charge in [0.25, 0.3) is 5.91 Å². The topological polar surface area (TPSA) is 142 Å². The Morgan fingerprint density at radius 3 is 2.69 bits per heavy atom. The lowest BCUT2D eigenvalue weighted by atomic mass is 10.1. The zero-order chi connectivity index (χ0) is 21.4. The van der Waals surface area contributed by atoms with E-state index in [4.69, 9.17) is 4.74 Å². The van der Waals surface area contributed by atoms with Crippen molar-refractivity contribution in [1.29, 1.82) is 0 Å². The van der Waals surface area contributed by atoms with E-state index in [2.05, 4.69) is 4.72 Å². The van der Waals surface area contributed by atoms with Gasteiger partial charge in [0.05, 0.1) is 5.75 Å². The number of benzene rings is 2. The molecule has 1 fully saturated rings. The van der Waals surface area contributed by atoms with E-state index in [9.17, 15) is 26.7 Å². The van der Waals surface area contributed by atoms with Crippen LogP contribution in [-0.2, 0) is 25.0 Å². The maximum atomic E-state index is 15.1. The van der Waals surface area contributed by atoms with Gasteiger partial charge in [0.1, 0.15) is 30.3 Å². The number of ether oxygens (including phenoxy) is 1. The Morgan fingerprint density at radius 2 is 2.07 bits per heavy atom. The molecule has 2 aromatic rings. The number of nitrogens with one attached hydrogen (secondary N) is 2. The molecular weight excluding hydrogens is 429 g/mol. The van der Waals surface area contributed by atoms with Crippen LogP contribution in [0.5, 0.6) is 11.5 Å². The number of carbonyl (C=O) groups excluding carboxylic acids is 1. The molecule has 10 nitrogen and oxygen atoms in total. The second-order valence-electron chi connectivity index (χ2n) is 6.12. The van der Waals surface area contributed by atoms with E-state index in [1.807, 2.05) is 0 Å². The SMILES string of the molecule is CCS(=O)(=O)NCCOc1ccc2cc(O)c(N3CC(=O)NS3(=O)=O)c(F)c2c1. The first-order chi connectivity index (χ1) is 13.5. The van der Waals surface area contributed by atoms with Crippen molar-refractivity contribution in [1.82, 2.24) is 9.44 Å². The molecule has 0 unspecified atom stereocenters. The summed E-state index contributed by atoms with van der Waals surface area (Å²) in [4.78, 5) is 11.4. The lowest BCUT2D eigenvalue weighted by molar-refractivity contribution is -0.117. The number of anilines is 1. The van der Waals surface area contributed by atoms with Crippen molar-refractivity contribution in [3.63, 3.8) is 0 Å². The summed E-state index contributed by atoms with van der Waals surface area (Å²) in [7, 11) is -7.67. The Hall–Kier alpha value is -2.64. The minimum atomic E-state index is -4.31. The van der Waals surface area contributed by atoms with Crippen molar-refractivity contribution in [3.8, 4) is 11.5 Å². The van der Waals surface area contributed by atoms with E-state index in [0.29, 0.717) is 4.31 Å². The van der Waals surface area contributed by atoms with Crippen LogP contribution in [0.15, 0.2) is 24.3 Å². The molecule has 29 heavy (non-hydrogen) atoms. The molecule has 1 saturated heterocycles. The van der Waals surface area contributed by atoms with Gasteiger partial charge in [-0.3, -0.25) is 4.79 Å². The number of carbonyl (C=O) groups is 1. The second kappa shape index (κ2) is 7.65. The summed E-state index contributed by atoms with van der Waals surface area (Å²) in [5.41, 5.74) is -0.649. The molecule has 0 aromatic heterocycles. The molecule has 1 heterocycles. The number of fused-ring (bicyclic) bond motifs is 1. The number of nitrogens with zero attached hydrogens (tertiary/aromatic N) is 1. The van der Waals surface area contributed by atoms with E-state index in [0.717, 1.165) is 0 Å². The standard InChI is InChI=1S/C16H18FN3O7S2/c1-2-28(23,24)18-5-6-27-11-4-3-10-7-13(21)16(15(17)12(10)8-11)20-9-14(22)19-29(20,25)26/h3-4,7-8,18,21H,2,5-6,9H2,1H3,(H,19,22). The molecule has 0 aliphatic carbocycles. The van der Waals surface area contributed by atoms with Gasteiger partial charge in [-0.1, -0.05) is 6.07 Å². The number of phenolic OH excluding ortho intramolecular Hbond substituents is 1. The number of hydrogen-bond donors (Lipinski definition) is 3. The molecule has 1 aliphatic rings. The Kier molecular flexibility index (Phi) is 5.56. The lowest BCUT2D eigenvalue weighted by Crippen LogP contribution is -2.30. The van der Waals surface area contributed by atoms with Gasteiger partial charge in [-0.05, 0) is 30.5 Å². The van der Waals surface area contributed by atoms with E-state index in [1.165, 1.54) is 31.2 Å². The van der Waals surface area contributed by atoms with Crippen molar-refractivity contribution in [3.05, 3.63) is 30.1 Å². The highest BCUT2D eigenvalue weighted by molar-refractivity contribution is 7.92. The molecule has 0 spiro atoms. The maximum absolute atomic E-state index is 15.1. The number of hydrogen-bond acceptors (Lipinski definition) is 7. The highest BCUT2D eigenvalue weighted by Crippen LogP contribution is 2.39. The van der Waals surface area contributed by atoms with Gasteiger partial charge in [0, 0.05) is 11.9 Å². The van der Waals surface area contributed by atoms with Crippen LogP contribution in [-0.4, -0.2) is 53.3 Å². The summed E-state index contributed by atoms with van der Waals surface area (Å²) < 4.78 is 71.7. The molecule has 13 heteroatoms. The largest absolute Gasteiger partial charge is 0.506 e. The molecule has 158 valence electrons. The predicted octanol–water partition coefficient (Wildman–Crippen LogP) is 0.184. The molecule has 3 rings (SSSR count). The Bertz CT molecular complexity index is 1180.